The average Bonchev–Trinajstić information content (AvgIpc) is 2.88. The Morgan fingerprint density at radius 2 is 1.86 bits per heavy atom. The summed E-state index contributed by atoms with van der Waals surface area (Å²) in [6.45, 7) is 2.10. The van der Waals surface area contributed by atoms with Crippen molar-refractivity contribution in [1.82, 2.24) is 0 Å². The van der Waals surface area contributed by atoms with Gasteiger partial charge in [0.25, 0.3) is 5.52 Å². The van der Waals surface area contributed by atoms with E-state index in [1.165, 1.54) is 11.0 Å². The summed E-state index contributed by atoms with van der Waals surface area (Å²) >= 11 is 2.90. The molecule has 0 aliphatic heterocycles. The molecule has 21 heavy (non-hydrogen) atoms. The molecular formula is C14H15O4PS2. The second kappa shape index (κ2) is 6.90. The second-order valence-electron chi connectivity index (χ2n) is 4.37. The van der Waals surface area contributed by atoms with Crippen LogP contribution in [0.25, 0.3) is 0 Å². The number of rotatable bonds is 6. The van der Waals surface area contributed by atoms with Gasteiger partial charge in [-0.1, -0.05) is 19.1 Å². The summed E-state index contributed by atoms with van der Waals surface area (Å²) in [7, 11) is -4.69. The van der Waals surface area contributed by atoms with Gasteiger partial charge in [0.05, 0.1) is 4.88 Å². The molecule has 0 amide bonds. The second-order valence-corrected chi connectivity index (χ2v) is 8.37. The van der Waals surface area contributed by atoms with Crippen LogP contribution < -0.4 is 0 Å². The number of carbonyl (C=O) groups excluding carboxylic acids is 1. The molecule has 2 rings (SSSR count). The summed E-state index contributed by atoms with van der Waals surface area (Å²) in [6, 6.07) is 11.4. The lowest BCUT2D eigenvalue weighted by Crippen LogP contribution is -1.96. The third-order valence-electron chi connectivity index (χ3n) is 2.75. The number of hydrogen-bond acceptors (Lipinski definition) is 4. The van der Waals surface area contributed by atoms with Gasteiger partial charge in [0, 0.05) is 16.2 Å². The van der Waals surface area contributed by atoms with E-state index in [9.17, 15) is 9.36 Å². The molecule has 0 unspecified atom stereocenters. The Morgan fingerprint density at radius 1 is 1.19 bits per heavy atom. The molecule has 2 N–H and O–H groups in total. The van der Waals surface area contributed by atoms with Crippen molar-refractivity contribution in [3.05, 3.63) is 51.7 Å². The number of carbonyl (C=O) groups is 1. The first-order chi connectivity index (χ1) is 9.90. The Kier molecular flexibility index (Phi) is 5.41. The number of benzene rings is 1. The molecule has 1 heterocycles. The van der Waals surface area contributed by atoms with Crippen LogP contribution >= 0.6 is 30.7 Å². The normalized spacial score (nSPS) is 11.6. The Labute approximate surface area is 131 Å². The van der Waals surface area contributed by atoms with Crippen molar-refractivity contribution in [2.24, 2.45) is 0 Å². The third-order valence-corrected chi connectivity index (χ3v) is 5.65. The quantitative estimate of drug-likeness (QED) is 0.617. The Balaban J connectivity index is 2.09. The summed E-state index contributed by atoms with van der Waals surface area (Å²) in [5.74, 6) is 1.03. The topological polar surface area (TPSA) is 74.6 Å². The van der Waals surface area contributed by atoms with Crippen LogP contribution in [0.4, 0.5) is 0 Å². The van der Waals surface area contributed by atoms with E-state index in [-0.39, 0.29) is 4.88 Å². The van der Waals surface area contributed by atoms with Gasteiger partial charge in [0.1, 0.15) is 0 Å². The summed E-state index contributed by atoms with van der Waals surface area (Å²) in [4.78, 5) is 31.5. The number of hydrogen-bond donors (Lipinski definition) is 2. The predicted molar refractivity (Wildman–Crippen MR) is 86.3 cm³/mol. The Morgan fingerprint density at radius 3 is 2.43 bits per heavy atom. The molecule has 0 aliphatic carbocycles. The summed E-state index contributed by atoms with van der Waals surface area (Å²) in [6.07, 6.45) is 0.649. The number of thioether (sulfide) groups is 1. The average molecular weight is 342 g/mol. The van der Waals surface area contributed by atoms with Gasteiger partial charge < -0.3 is 9.79 Å². The van der Waals surface area contributed by atoms with Gasteiger partial charge in [-0.25, -0.2) is 0 Å². The van der Waals surface area contributed by atoms with Crippen LogP contribution in [0.5, 0.6) is 0 Å². The van der Waals surface area contributed by atoms with Crippen LogP contribution in [0.1, 0.15) is 27.0 Å². The van der Waals surface area contributed by atoms with Crippen molar-refractivity contribution < 1.29 is 19.1 Å². The van der Waals surface area contributed by atoms with Crippen molar-refractivity contribution in [1.29, 1.82) is 0 Å². The molecule has 0 atom stereocenters. The molecule has 112 valence electrons. The smallest absolute Gasteiger partial charge is 0.319 e. The van der Waals surface area contributed by atoms with Crippen LogP contribution in [-0.4, -0.2) is 21.1 Å². The van der Waals surface area contributed by atoms with Crippen LogP contribution in [0.3, 0.4) is 0 Å². The third kappa shape index (κ3) is 4.53. The molecule has 0 spiro atoms. The molecular weight excluding hydrogens is 327 g/mol. The van der Waals surface area contributed by atoms with Crippen LogP contribution in [0, 0.1) is 0 Å². The van der Waals surface area contributed by atoms with Crippen LogP contribution in [0.2, 0.25) is 0 Å². The summed E-state index contributed by atoms with van der Waals surface area (Å²) in [5, 5.41) is 0. The van der Waals surface area contributed by atoms with E-state index in [0.29, 0.717) is 6.42 Å². The molecule has 7 heteroatoms. The van der Waals surface area contributed by atoms with Gasteiger partial charge in [-0.15, -0.1) is 23.1 Å². The van der Waals surface area contributed by atoms with Crippen molar-refractivity contribution in [3.63, 3.8) is 0 Å². The molecule has 1 aromatic heterocycles. The fourth-order valence-corrected chi connectivity index (χ4v) is 4.20. The summed E-state index contributed by atoms with van der Waals surface area (Å²) < 4.78 is 10.9. The maximum absolute atomic E-state index is 11.5. The molecule has 2 aromatic rings. The van der Waals surface area contributed by atoms with Crippen LogP contribution in [0.15, 0.2) is 41.3 Å². The largest absolute Gasteiger partial charge is 0.397 e. The predicted octanol–water partition coefficient (Wildman–Crippen LogP) is 3.77. The van der Waals surface area contributed by atoms with Gasteiger partial charge in [-0.3, -0.25) is 9.36 Å². The zero-order valence-corrected chi connectivity index (χ0v) is 13.9. The van der Waals surface area contributed by atoms with E-state index >= 15 is 0 Å². The molecule has 0 radical (unpaired) electrons. The maximum Gasteiger partial charge on any atom is 0.397 e. The molecule has 1 aromatic carbocycles. The van der Waals surface area contributed by atoms with Crippen molar-refractivity contribution in [2.75, 3.05) is 5.75 Å². The monoisotopic (exact) mass is 342 g/mol. The zero-order chi connectivity index (χ0) is 15.5. The molecule has 0 fully saturated rings. The Bertz CT molecular complexity index is 673. The molecule has 0 saturated heterocycles. The molecule has 0 bridgehead atoms. The van der Waals surface area contributed by atoms with E-state index in [4.69, 9.17) is 9.79 Å². The standard InChI is InChI=1S/C14H15O4PS2/c1-2-20-11-5-3-10(4-6-11)9-12-7-8-13(21-12)14(15)19(16,17)18/h3-8H,2,9H2,1H3,(H2,16,17,18). The highest BCUT2D eigenvalue weighted by atomic mass is 32.2. The van der Waals surface area contributed by atoms with Gasteiger partial charge in [-0.05, 0) is 35.6 Å². The van der Waals surface area contributed by atoms with E-state index in [1.807, 2.05) is 12.1 Å². The van der Waals surface area contributed by atoms with E-state index in [1.54, 1.807) is 17.8 Å². The van der Waals surface area contributed by atoms with Crippen LogP contribution in [-0.2, 0) is 11.0 Å². The minimum absolute atomic E-state index is 0.108. The van der Waals surface area contributed by atoms with E-state index in [2.05, 4.69) is 19.1 Å². The number of thiophene rings is 1. The highest BCUT2D eigenvalue weighted by Gasteiger charge is 2.28. The van der Waals surface area contributed by atoms with Gasteiger partial charge in [0.15, 0.2) is 0 Å². The molecule has 0 saturated carbocycles. The Hall–Kier alpha value is -0.910. The van der Waals surface area contributed by atoms with E-state index < -0.39 is 13.1 Å². The lowest BCUT2D eigenvalue weighted by Gasteiger charge is -2.02. The lowest BCUT2D eigenvalue weighted by molar-refractivity contribution is 0.104. The lowest BCUT2D eigenvalue weighted by atomic mass is 10.1. The van der Waals surface area contributed by atoms with Crippen molar-refractivity contribution >= 4 is 36.2 Å². The summed E-state index contributed by atoms with van der Waals surface area (Å²) in [5.41, 5.74) is 0.000857. The molecule has 4 nitrogen and oxygen atoms in total. The first-order valence-electron chi connectivity index (χ1n) is 6.31. The SMILES string of the molecule is CCSc1ccc(Cc2ccc(C(=O)P(=O)(O)O)s2)cc1. The van der Waals surface area contributed by atoms with Gasteiger partial charge in [0.2, 0.25) is 0 Å². The minimum atomic E-state index is -4.69. The first kappa shape index (κ1) is 16.5. The van der Waals surface area contributed by atoms with E-state index in [0.717, 1.165) is 27.5 Å². The highest BCUT2D eigenvalue weighted by Crippen LogP contribution is 2.41. The van der Waals surface area contributed by atoms with Gasteiger partial charge >= 0.3 is 7.60 Å². The highest BCUT2D eigenvalue weighted by molar-refractivity contribution is 7.99. The van der Waals surface area contributed by atoms with Gasteiger partial charge in [-0.2, -0.15) is 0 Å². The zero-order valence-electron chi connectivity index (χ0n) is 11.4. The maximum atomic E-state index is 11.5. The fourth-order valence-electron chi connectivity index (χ4n) is 1.80. The van der Waals surface area contributed by atoms with Crippen molar-refractivity contribution in [3.8, 4) is 0 Å². The molecule has 0 aliphatic rings. The fraction of sp³-hybridized carbons (Fsp3) is 0.214. The van der Waals surface area contributed by atoms with Crippen molar-refractivity contribution in [2.45, 2.75) is 18.2 Å². The first-order valence-corrected chi connectivity index (χ1v) is 9.72. The minimum Gasteiger partial charge on any atom is -0.319 e.